The average molecular weight is 249 g/mol. The van der Waals surface area contributed by atoms with E-state index in [0.29, 0.717) is 6.42 Å². The summed E-state index contributed by atoms with van der Waals surface area (Å²) in [6, 6.07) is 7.77. The van der Waals surface area contributed by atoms with Gasteiger partial charge in [-0.3, -0.25) is 10.1 Å². The quantitative estimate of drug-likeness (QED) is 0.779. The van der Waals surface area contributed by atoms with Crippen LogP contribution in [0.4, 0.5) is 0 Å². The molecule has 18 heavy (non-hydrogen) atoms. The molecular formula is C15H23NO2. The minimum atomic E-state index is -0.761. The Labute approximate surface area is 109 Å². The van der Waals surface area contributed by atoms with Crippen molar-refractivity contribution in [3.63, 3.8) is 0 Å². The molecule has 2 atom stereocenters. The summed E-state index contributed by atoms with van der Waals surface area (Å²) in [5.74, 6) is -0.761. The SMILES string of the molecule is CCCCC(N[C@H](C)c1cccc(C)c1)C(=O)O. The second-order valence-electron chi connectivity index (χ2n) is 4.84. The fraction of sp³-hybridized carbons (Fsp3) is 0.533. The van der Waals surface area contributed by atoms with Crippen molar-refractivity contribution in [2.75, 3.05) is 0 Å². The van der Waals surface area contributed by atoms with Crippen molar-refractivity contribution in [1.82, 2.24) is 5.32 Å². The van der Waals surface area contributed by atoms with E-state index < -0.39 is 12.0 Å². The second kappa shape index (κ2) is 7.17. The van der Waals surface area contributed by atoms with Crippen LogP contribution in [0.3, 0.4) is 0 Å². The molecule has 0 saturated carbocycles. The van der Waals surface area contributed by atoms with Gasteiger partial charge in [0.25, 0.3) is 0 Å². The lowest BCUT2D eigenvalue weighted by molar-refractivity contribution is -0.139. The summed E-state index contributed by atoms with van der Waals surface area (Å²) in [5, 5.41) is 12.4. The van der Waals surface area contributed by atoms with Crippen LogP contribution >= 0.6 is 0 Å². The molecule has 1 aromatic rings. The normalized spacial score (nSPS) is 14.2. The van der Waals surface area contributed by atoms with Gasteiger partial charge in [-0.25, -0.2) is 0 Å². The van der Waals surface area contributed by atoms with Gasteiger partial charge in [-0.2, -0.15) is 0 Å². The Balaban J connectivity index is 2.65. The summed E-state index contributed by atoms with van der Waals surface area (Å²) in [7, 11) is 0. The molecule has 3 nitrogen and oxygen atoms in total. The molecule has 1 unspecified atom stereocenters. The van der Waals surface area contributed by atoms with Crippen molar-refractivity contribution in [1.29, 1.82) is 0 Å². The molecule has 2 N–H and O–H groups in total. The lowest BCUT2D eigenvalue weighted by Gasteiger charge is -2.20. The van der Waals surface area contributed by atoms with Gasteiger partial charge in [0.05, 0.1) is 0 Å². The van der Waals surface area contributed by atoms with Crippen LogP contribution < -0.4 is 5.32 Å². The summed E-state index contributed by atoms with van der Waals surface area (Å²) in [4.78, 5) is 11.2. The zero-order valence-electron chi connectivity index (χ0n) is 11.4. The van der Waals surface area contributed by atoms with E-state index in [2.05, 4.69) is 18.3 Å². The zero-order valence-corrected chi connectivity index (χ0v) is 11.4. The largest absolute Gasteiger partial charge is 0.480 e. The fourth-order valence-corrected chi connectivity index (χ4v) is 2.02. The first-order chi connectivity index (χ1) is 8.54. The monoisotopic (exact) mass is 249 g/mol. The Bertz CT molecular complexity index is 390. The fourth-order valence-electron chi connectivity index (χ4n) is 2.02. The van der Waals surface area contributed by atoms with Crippen molar-refractivity contribution < 1.29 is 9.90 Å². The lowest BCUT2D eigenvalue weighted by Crippen LogP contribution is -2.38. The molecule has 0 spiro atoms. The number of nitrogens with one attached hydrogen (secondary N) is 1. The third-order valence-electron chi connectivity index (χ3n) is 3.14. The van der Waals surface area contributed by atoms with Gasteiger partial charge in [0.15, 0.2) is 0 Å². The van der Waals surface area contributed by atoms with Crippen LogP contribution in [0, 0.1) is 6.92 Å². The molecule has 0 heterocycles. The zero-order chi connectivity index (χ0) is 13.5. The number of carboxylic acids is 1. The van der Waals surface area contributed by atoms with Gasteiger partial charge in [-0.15, -0.1) is 0 Å². The van der Waals surface area contributed by atoms with Gasteiger partial charge in [-0.1, -0.05) is 49.6 Å². The maximum Gasteiger partial charge on any atom is 0.320 e. The first-order valence-corrected chi connectivity index (χ1v) is 6.60. The highest BCUT2D eigenvalue weighted by atomic mass is 16.4. The van der Waals surface area contributed by atoms with Crippen LogP contribution in [-0.2, 0) is 4.79 Å². The Morgan fingerprint density at radius 2 is 2.17 bits per heavy atom. The van der Waals surface area contributed by atoms with Gasteiger partial charge in [0.2, 0.25) is 0 Å². The van der Waals surface area contributed by atoms with Gasteiger partial charge in [0, 0.05) is 6.04 Å². The van der Waals surface area contributed by atoms with Crippen LogP contribution in [0.25, 0.3) is 0 Å². The molecule has 1 aromatic carbocycles. The van der Waals surface area contributed by atoms with Gasteiger partial charge in [0.1, 0.15) is 6.04 Å². The Morgan fingerprint density at radius 1 is 1.44 bits per heavy atom. The van der Waals surface area contributed by atoms with E-state index in [1.165, 1.54) is 5.56 Å². The van der Waals surface area contributed by atoms with E-state index in [9.17, 15) is 9.90 Å². The number of hydrogen-bond donors (Lipinski definition) is 2. The third-order valence-corrected chi connectivity index (χ3v) is 3.14. The van der Waals surface area contributed by atoms with Crippen molar-refractivity contribution >= 4 is 5.97 Å². The molecule has 0 amide bonds. The lowest BCUT2D eigenvalue weighted by atomic mass is 10.0. The summed E-state index contributed by atoms with van der Waals surface area (Å²) in [6.07, 6.45) is 2.64. The average Bonchev–Trinajstić information content (AvgIpc) is 2.33. The number of unbranched alkanes of at least 4 members (excludes halogenated alkanes) is 1. The minimum absolute atomic E-state index is 0.0582. The number of benzene rings is 1. The summed E-state index contributed by atoms with van der Waals surface area (Å²) in [6.45, 7) is 6.13. The van der Waals surface area contributed by atoms with Crippen molar-refractivity contribution in [2.45, 2.75) is 52.1 Å². The molecule has 3 heteroatoms. The minimum Gasteiger partial charge on any atom is -0.480 e. The van der Waals surface area contributed by atoms with Crippen molar-refractivity contribution in [2.24, 2.45) is 0 Å². The number of carboxylic acid groups (broad SMARTS) is 1. The smallest absolute Gasteiger partial charge is 0.320 e. The predicted octanol–water partition coefficient (Wildman–Crippen LogP) is 3.29. The van der Waals surface area contributed by atoms with Crippen LogP contribution in [0.5, 0.6) is 0 Å². The number of carbonyl (C=O) groups is 1. The Morgan fingerprint density at radius 3 is 2.72 bits per heavy atom. The van der Waals surface area contributed by atoms with E-state index in [1.54, 1.807) is 0 Å². The van der Waals surface area contributed by atoms with Crippen molar-refractivity contribution in [3.8, 4) is 0 Å². The summed E-state index contributed by atoms with van der Waals surface area (Å²) < 4.78 is 0. The van der Waals surface area contributed by atoms with E-state index >= 15 is 0 Å². The topological polar surface area (TPSA) is 49.3 Å². The molecule has 0 fully saturated rings. The molecule has 100 valence electrons. The molecule has 0 aromatic heterocycles. The number of hydrogen-bond acceptors (Lipinski definition) is 2. The van der Waals surface area contributed by atoms with Gasteiger partial charge < -0.3 is 5.11 Å². The second-order valence-corrected chi connectivity index (χ2v) is 4.84. The van der Waals surface area contributed by atoms with E-state index in [0.717, 1.165) is 18.4 Å². The molecule has 0 aliphatic rings. The molecule has 0 bridgehead atoms. The highest BCUT2D eigenvalue weighted by Crippen LogP contribution is 2.15. The first-order valence-electron chi connectivity index (χ1n) is 6.60. The van der Waals surface area contributed by atoms with Gasteiger partial charge >= 0.3 is 5.97 Å². The molecule has 0 aliphatic carbocycles. The number of aryl methyl sites for hydroxylation is 1. The molecule has 0 saturated heterocycles. The molecule has 1 rings (SSSR count). The van der Waals surface area contributed by atoms with Crippen LogP contribution in [0.1, 0.15) is 50.3 Å². The summed E-state index contributed by atoms with van der Waals surface area (Å²) in [5.41, 5.74) is 2.33. The number of aliphatic carboxylic acids is 1. The molecule has 0 aliphatic heterocycles. The van der Waals surface area contributed by atoms with Crippen LogP contribution in [0.15, 0.2) is 24.3 Å². The van der Waals surface area contributed by atoms with Crippen LogP contribution in [-0.4, -0.2) is 17.1 Å². The predicted molar refractivity (Wildman–Crippen MR) is 73.7 cm³/mol. The highest BCUT2D eigenvalue weighted by Gasteiger charge is 2.19. The maximum absolute atomic E-state index is 11.2. The van der Waals surface area contributed by atoms with Gasteiger partial charge in [-0.05, 0) is 25.8 Å². The third kappa shape index (κ3) is 4.49. The van der Waals surface area contributed by atoms with Crippen LogP contribution in [0.2, 0.25) is 0 Å². The van der Waals surface area contributed by atoms with Crippen molar-refractivity contribution in [3.05, 3.63) is 35.4 Å². The Hall–Kier alpha value is -1.35. The van der Waals surface area contributed by atoms with E-state index in [1.807, 2.05) is 32.0 Å². The van der Waals surface area contributed by atoms with E-state index in [4.69, 9.17) is 0 Å². The maximum atomic E-state index is 11.2. The Kier molecular flexibility index (Phi) is 5.86. The molecule has 0 radical (unpaired) electrons. The van der Waals surface area contributed by atoms with E-state index in [-0.39, 0.29) is 6.04 Å². The standard InChI is InChI=1S/C15H23NO2/c1-4-5-9-14(15(17)18)16-12(3)13-8-6-7-11(2)10-13/h6-8,10,12,14,16H,4-5,9H2,1-3H3,(H,17,18)/t12-,14?/m1/s1. The highest BCUT2D eigenvalue weighted by molar-refractivity contribution is 5.73. The number of rotatable bonds is 7. The first kappa shape index (κ1) is 14.7. The molecular weight excluding hydrogens is 226 g/mol. The summed E-state index contributed by atoms with van der Waals surface area (Å²) >= 11 is 0.